The predicted molar refractivity (Wildman–Crippen MR) is 66.3 cm³/mol. The van der Waals surface area contributed by atoms with Gasteiger partial charge in [-0.05, 0) is 24.3 Å². The summed E-state index contributed by atoms with van der Waals surface area (Å²) in [5.41, 5.74) is -0.403. The van der Waals surface area contributed by atoms with Gasteiger partial charge in [-0.15, -0.1) is 11.3 Å². The Morgan fingerprint density at radius 3 is 2.78 bits per heavy atom. The molecule has 2 aromatic heterocycles. The summed E-state index contributed by atoms with van der Waals surface area (Å²) in [6, 6.07) is 1.56. The van der Waals surface area contributed by atoms with Crippen molar-refractivity contribution in [1.82, 2.24) is 9.13 Å². The van der Waals surface area contributed by atoms with Gasteiger partial charge in [0.25, 0.3) is 5.56 Å². The fraction of sp³-hybridized carbons (Fsp3) is 0.364. The van der Waals surface area contributed by atoms with Crippen LogP contribution in [0.5, 0.6) is 0 Å². The largest absolute Gasteiger partial charge is 0.480 e. The highest BCUT2D eigenvalue weighted by molar-refractivity contribution is 7.17. The molecular formula is C11H10N2O4S. The Labute approximate surface area is 105 Å². The second-order valence-electron chi connectivity index (χ2n) is 4.30. The molecular weight excluding hydrogens is 256 g/mol. The summed E-state index contributed by atoms with van der Waals surface area (Å²) >= 11 is 1.24. The van der Waals surface area contributed by atoms with E-state index in [1.54, 1.807) is 11.4 Å². The lowest BCUT2D eigenvalue weighted by Crippen LogP contribution is -2.40. The lowest BCUT2D eigenvalue weighted by Gasteiger charge is -2.09. The van der Waals surface area contributed by atoms with E-state index in [0.29, 0.717) is 10.2 Å². The molecule has 1 aliphatic rings. The Morgan fingerprint density at radius 1 is 1.44 bits per heavy atom. The zero-order chi connectivity index (χ0) is 12.9. The lowest BCUT2D eigenvalue weighted by atomic mass is 10.4. The van der Waals surface area contributed by atoms with Crippen LogP contribution in [-0.4, -0.2) is 20.2 Å². The second-order valence-corrected chi connectivity index (χ2v) is 5.22. The van der Waals surface area contributed by atoms with Gasteiger partial charge in [-0.2, -0.15) is 0 Å². The molecule has 7 heteroatoms. The zero-order valence-electron chi connectivity index (χ0n) is 9.33. The minimum atomic E-state index is -1.09. The van der Waals surface area contributed by atoms with E-state index < -0.39 is 18.2 Å². The summed E-state index contributed by atoms with van der Waals surface area (Å²) in [4.78, 5) is 35.2. The molecule has 18 heavy (non-hydrogen) atoms. The molecule has 0 spiro atoms. The van der Waals surface area contributed by atoms with E-state index in [4.69, 9.17) is 5.11 Å². The molecule has 1 aliphatic carbocycles. The average molecular weight is 266 g/mol. The predicted octanol–water partition coefficient (Wildman–Crippen LogP) is 0.644. The summed E-state index contributed by atoms with van der Waals surface area (Å²) < 4.78 is 2.80. The molecule has 0 unspecified atom stereocenters. The number of aromatic nitrogens is 2. The third-order valence-corrected chi connectivity index (χ3v) is 3.88. The number of hydrogen-bond donors (Lipinski definition) is 1. The molecule has 0 radical (unpaired) electrons. The molecule has 0 saturated heterocycles. The smallest absolute Gasteiger partial charge is 0.332 e. The first-order valence-electron chi connectivity index (χ1n) is 5.54. The van der Waals surface area contributed by atoms with Crippen LogP contribution in [0.2, 0.25) is 0 Å². The topological polar surface area (TPSA) is 81.3 Å². The van der Waals surface area contributed by atoms with Crippen molar-refractivity contribution < 1.29 is 9.90 Å². The first kappa shape index (κ1) is 11.2. The van der Waals surface area contributed by atoms with Crippen LogP contribution in [0.4, 0.5) is 0 Å². The Morgan fingerprint density at radius 2 is 2.17 bits per heavy atom. The van der Waals surface area contributed by atoms with Gasteiger partial charge in [-0.3, -0.25) is 18.7 Å². The van der Waals surface area contributed by atoms with E-state index >= 15 is 0 Å². The number of carboxylic acids is 1. The van der Waals surface area contributed by atoms with Crippen LogP contribution in [0.25, 0.3) is 10.2 Å². The van der Waals surface area contributed by atoms with E-state index in [0.717, 1.165) is 17.4 Å². The molecule has 3 rings (SSSR count). The fourth-order valence-corrected chi connectivity index (χ4v) is 2.88. The van der Waals surface area contributed by atoms with E-state index in [-0.39, 0.29) is 11.6 Å². The van der Waals surface area contributed by atoms with Gasteiger partial charge in [-0.25, -0.2) is 4.79 Å². The third kappa shape index (κ3) is 1.59. The first-order chi connectivity index (χ1) is 8.59. The molecule has 0 amide bonds. The van der Waals surface area contributed by atoms with Gasteiger partial charge in [0.2, 0.25) is 0 Å². The van der Waals surface area contributed by atoms with Crippen molar-refractivity contribution in [3.63, 3.8) is 0 Å². The molecule has 1 N–H and O–H groups in total. The van der Waals surface area contributed by atoms with Crippen molar-refractivity contribution >= 4 is 27.5 Å². The SMILES string of the molecule is O=C(O)Cn1c(=O)n(C2CC2)c(=O)c2sccc21. The van der Waals surface area contributed by atoms with E-state index in [1.807, 2.05) is 0 Å². The lowest BCUT2D eigenvalue weighted by molar-refractivity contribution is -0.137. The molecule has 1 fully saturated rings. The summed E-state index contributed by atoms with van der Waals surface area (Å²) in [6.07, 6.45) is 1.61. The molecule has 0 aromatic carbocycles. The molecule has 2 aromatic rings. The Kier molecular flexibility index (Phi) is 2.37. The maximum atomic E-state index is 12.2. The Balaban J connectivity index is 2.38. The van der Waals surface area contributed by atoms with Gasteiger partial charge in [0.15, 0.2) is 0 Å². The van der Waals surface area contributed by atoms with Crippen molar-refractivity contribution in [2.24, 2.45) is 0 Å². The van der Waals surface area contributed by atoms with Crippen LogP contribution in [0.3, 0.4) is 0 Å². The van der Waals surface area contributed by atoms with Gasteiger partial charge < -0.3 is 5.11 Å². The van der Waals surface area contributed by atoms with E-state index in [9.17, 15) is 14.4 Å². The van der Waals surface area contributed by atoms with Crippen molar-refractivity contribution in [2.45, 2.75) is 25.4 Å². The van der Waals surface area contributed by atoms with Crippen molar-refractivity contribution in [3.8, 4) is 0 Å². The highest BCUT2D eigenvalue weighted by atomic mass is 32.1. The van der Waals surface area contributed by atoms with Crippen LogP contribution < -0.4 is 11.2 Å². The minimum absolute atomic E-state index is 0.0588. The highest BCUT2D eigenvalue weighted by Crippen LogP contribution is 2.32. The molecule has 0 aliphatic heterocycles. The number of thiophene rings is 1. The summed E-state index contributed by atoms with van der Waals surface area (Å²) in [6.45, 7) is -0.418. The molecule has 94 valence electrons. The van der Waals surface area contributed by atoms with E-state index in [2.05, 4.69) is 0 Å². The van der Waals surface area contributed by atoms with Gasteiger partial charge in [-0.1, -0.05) is 0 Å². The number of rotatable bonds is 3. The average Bonchev–Trinajstić information content (AvgIpc) is 3.01. The molecule has 0 atom stereocenters. The molecule has 1 saturated carbocycles. The highest BCUT2D eigenvalue weighted by Gasteiger charge is 2.29. The monoisotopic (exact) mass is 266 g/mol. The number of aliphatic carboxylic acids is 1. The Hall–Kier alpha value is -1.89. The molecule has 0 bridgehead atoms. The molecule has 2 heterocycles. The normalized spacial score (nSPS) is 15.1. The minimum Gasteiger partial charge on any atom is -0.480 e. The van der Waals surface area contributed by atoms with Crippen LogP contribution in [0.1, 0.15) is 18.9 Å². The van der Waals surface area contributed by atoms with Gasteiger partial charge in [0.05, 0.1) is 5.52 Å². The number of carboxylic acid groups (broad SMARTS) is 1. The number of carbonyl (C=O) groups is 1. The summed E-state index contributed by atoms with van der Waals surface area (Å²) in [5, 5.41) is 10.6. The van der Waals surface area contributed by atoms with Crippen molar-refractivity contribution in [2.75, 3.05) is 0 Å². The fourth-order valence-electron chi connectivity index (χ4n) is 2.05. The van der Waals surface area contributed by atoms with Crippen molar-refractivity contribution in [1.29, 1.82) is 0 Å². The quantitative estimate of drug-likeness (QED) is 0.884. The van der Waals surface area contributed by atoms with Crippen LogP contribution in [0.15, 0.2) is 21.0 Å². The number of fused-ring (bicyclic) bond motifs is 1. The zero-order valence-corrected chi connectivity index (χ0v) is 10.1. The van der Waals surface area contributed by atoms with Crippen molar-refractivity contribution in [3.05, 3.63) is 32.3 Å². The molecule has 6 nitrogen and oxygen atoms in total. The van der Waals surface area contributed by atoms with Gasteiger partial charge >= 0.3 is 11.7 Å². The van der Waals surface area contributed by atoms with Crippen LogP contribution >= 0.6 is 11.3 Å². The summed E-state index contributed by atoms with van der Waals surface area (Å²) in [5.74, 6) is -1.09. The number of hydrogen-bond acceptors (Lipinski definition) is 4. The van der Waals surface area contributed by atoms with Gasteiger partial charge in [0.1, 0.15) is 11.2 Å². The van der Waals surface area contributed by atoms with E-state index in [1.165, 1.54) is 15.9 Å². The summed E-state index contributed by atoms with van der Waals surface area (Å²) in [7, 11) is 0. The number of nitrogens with zero attached hydrogens (tertiary/aromatic N) is 2. The van der Waals surface area contributed by atoms with Crippen LogP contribution in [-0.2, 0) is 11.3 Å². The van der Waals surface area contributed by atoms with Gasteiger partial charge in [0, 0.05) is 6.04 Å². The third-order valence-electron chi connectivity index (χ3n) is 2.99. The maximum Gasteiger partial charge on any atom is 0.332 e. The second kappa shape index (κ2) is 3.81. The van der Waals surface area contributed by atoms with Crippen LogP contribution in [0, 0.1) is 0 Å². The first-order valence-corrected chi connectivity index (χ1v) is 6.42. The standard InChI is InChI=1S/C11H10N2O4S/c14-8(15)5-12-7-3-4-18-9(7)10(16)13(11(12)17)6-1-2-6/h3-4,6H,1-2,5H2,(H,14,15). The maximum absolute atomic E-state index is 12.2. The Bertz CT molecular complexity index is 750.